The lowest BCUT2D eigenvalue weighted by atomic mass is 10.0. The highest BCUT2D eigenvalue weighted by atomic mass is 32.2. The van der Waals surface area contributed by atoms with Gasteiger partial charge < -0.3 is 15.1 Å². The SMILES string of the molecule is O=C(c1c(F)ccc(NS(=O)(=O)c2ccc(C(F)(F)F)cc2)c1F)c1c[nH]c2ncncc12.O=Cc1c(F)ccc(NS(=O)(=O)c2ccc(C(F)(F)F)cc2)c1F.O=S(=O)(Nc1ccc(F)c(C(O)c2c[nH]c3ncncc23)c1F)c1ccc(C(F)(F)F)cc1.[C+]1=Cc2cncnc2N1. The lowest BCUT2D eigenvalue weighted by Gasteiger charge is -2.16. The number of halogens is 15. The van der Waals surface area contributed by atoms with E-state index in [0.717, 1.165) is 35.6 Å². The van der Waals surface area contributed by atoms with Crippen molar-refractivity contribution in [1.82, 2.24) is 39.9 Å². The number of anilines is 4. The van der Waals surface area contributed by atoms with Crippen molar-refractivity contribution in [2.75, 3.05) is 19.5 Å². The highest BCUT2D eigenvalue weighted by Gasteiger charge is 2.35. The molecule has 12 rings (SSSR count). The molecule has 1 atom stereocenters. The molecule has 1 aliphatic heterocycles. The lowest BCUT2D eigenvalue weighted by Crippen LogP contribution is -2.17. The predicted molar refractivity (Wildman–Crippen MR) is 320 cm³/mol. The number of rotatable bonds is 14. The Hall–Kier alpha value is -11.4. The molecule has 1 aliphatic rings. The molecule has 5 aromatic heterocycles. The van der Waals surface area contributed by atoms with Gasteiger partial charge in [-0.05, 0) is 109 Å². The summed E-state index contributed by atoms with van der Waals surface area (Å²) in [6.45, 7) is 0. The zero-order valence-corrected chi connectivity index (χ0v) is 51.0. The summed E-state index contributed by atoms with van der Waals surface area (Å²) in [6, 6.07) is 11.9. The van der Waals surface area contributed by atoms with Crippen LogP contribution in [0.25, 0.3) is 28.1 Å². The topological polar surface area (TPSA) is 314 Å². The van der Waals surface area contributed by atoms with Crippen LogP contribution in [0.4, 0.5) is 88.7 Å². The van der Waals surface area contributed by atoms with Gasteiger partial charge in [0.05, 0.1) is 70.7 Å². The van der Waals surface area contributed by atoms with E-state index in [1.165, 1.54) is 43.8 Å². The quantitative estimate of drug-likeness (QED) is 0.0230. The summed E-state index contributed by atoms with van der Waals surface area (Å²) in [5.74, 6) is -8.16. The number of carbonyl (C=O) groups excluding carboxylic acids is 2. The van der Waals surface area contributed by atoms with E-state index in [9.17, 15) is 97.0 Å². The highest BCUT2D eigenvalue weighted by Crippen LogP contribution is 2.37. The second-order valence-corrected chi connectivity index (χ2v) is 25.0. The third-order valence-electron chi connectivity index (χ3n) is 13.6. The summed E-state index contributed by atoms with van der Waals surface area (Å²) in [4.78, 5) is 50.2. The Morgan fingerprint density at radius 1 is 0.505 bits per heavy atom. The van der Waals surface area contributed by atoms with Gasteiger partial charge in [-0.3, -0.25) is 23.8 Å². The first-order chi connectivity index (χ1) is 46.5. The second-order valence-electron chi connectivity index (χ2n) is 19.9. The zero-order valence-electron chi connectivity index (χ0n) is 48.5. The molecule has 0 spiro atoms. The van der Waals surface area contributed by atoms with E-state index < -0.39 is 161 Å². The molecule has 6 aromatic carbocycles. The molecule has 6 heterocycles. The maximum absolute atomic E-state index is 15.1. The van der Waals surface area contributed by atoms with Crippen LogP contribution in [0.3, 0.4) is 0 Å². The first-order valence-corrected chi connectivity index (χ1v) is 31.4. The molecule has 11 aromatic rings. The van der Waals surface area contributed by atoms with Crippen molar-refractivity contribution in [3.8, 4) is 0 Å². The molecule has 0 saturated heterocycles. The maximum Gasteiger partial charge on any atom is 0.416 e. The van der Waals surface area contributed by atoms with Crippen molar-refractivity contribution < 1.29 is 106 Å². The number of aromatic nitrogens is 8. The van der Waals surface area contributed by atoms with Crippen molar-refractivity contribution in [2.24, 2.45) is 0 Å². The lowest BCUT2D eigenvalue weighted by molar-refractivity contribution is -0.138. The van der Waals surface area contributed by atoms with E-state index in [1.807, 2.05) is 15.5 Å². The fraction of sp³-hybridized carbons (Fsp3) is 0.0667. The Labute approximate surface area is 545 Å². The number of benzene rings is 6. The number of aldehydes is 1. The summed E-state index contributed by atoms with van der Waals surface area (Å²) in [5.41, 5.74) is -6.79. The van der Waals surface area contributed by atoms with Gasteiger partial charge in [-0.1, -0.05) is 0 Å². The van der Waals surface area contributed by atoms with Gasteiger partial charge in [0.1, 0.15) is 72.3 Å². The summed E-state index contributed by atoms with van der Waals surface area (Å²) >= 11 is 0. The Kier molecular flexibility index (Phi) is 20.6. The third kappa shape index (κ3) is 16.2. The minimum absolute atomic E-state index is 0.0474. The van der Waals surface area contributed by atoms with Crippen LogP contribution in [0.5, 0.6) is 0 Å². The number of carbonyl (C=O) groups is 2. The number of alkyl halides is 9. The molecule has 512 valence electrons. The van der Waals surface area contributed by atoms with Gasteiger partial charge in [-0.15, -0.1) is 4.98 Å². The van der Waals surface area contributed by atoms with E-state index in [4.69, 9.17) is 0 Å². The van der Waals surface area contributed by atoms with Gasteiger partial charge in [0.2, 0.25) is 5.78 Å². The van der Waals surface area contributed by atoms with E-state index in [-0.39, 0.29) is 28.4 Å². The van der Waals surface area contributed by atoms with Crippen LogP contribution < -0.4 is 19.5 Å². The number of hydrogen-bond acceptors (Lipinski definition) is 16. The summed E-state index contributed by atoms with van der Waals surface area (Å²) in [6.07, 6.45) is -0.609. The van der Waals surface area contributed by atoms with Gasteiger partial charge in [-0.25, -0.2) is 76.5 Å². The molecule has 7 N–H and O–H groups in total. The first-order valence-electron chi connectivity index (χ1n) is 26.9. The number of aromatic amines is 2. The van der Waals surface area contributed by atoms with Crippen LogP contribution >= 0.6 is 0 Å². The van der Waals surface area contributed by atoms with Gasteiger partial charge in [0.25, 0.3) is 35.9 Å². The monoisotopic (exact) mass is 1450 g/mol. The Morgan fingerprint density at radius 3 is 1.39 bits per heavy atom. The van der Waals surface area contributed by atoms with Crippen LogP contribution in [0.2, 0.25) is 0 Å². The number of hydrogen-bond donors (Lipinski definition) is 7. The standard InChI is InChI=1S/C20H13F5N4O3S.C20H11F5N4O3S.C14H8F5NO3S.C6H4N3/c2*21-14-5-6-15(29-33(31,32)11-3-1-10(2-4-11)20(23,24)25)17(22)16(14)18(30)12-8-27-19-13(12)7-26-9-28-19;15-11-5-6-12(13(16)10(11)7-21)20-24(22,23)9-3-1-8(2-4-9)14(17,18)19;1-2-8-6-5(1)3-7-4-9-6/h1-9,18,29-30H,(H,26,27,28);1-9,29H,(H,26,27,28);1-7,20H;1,3-4H,(H,7,8,9)/q;;;+1. The number of H-pyrrole nitrogens is 2. The minimum Gasteiger partial charge on any atom is -0.383 e. The average molecular weight is 1450 g/mol. The zero-order chi connectivity index (χ0) is 72.2. The van der Waals surface area contributed by atoms with Crippen LogP contribution in [-0.4, -0.2) is 82.3 Å². The van der Waals surface area contributed by atoms with E-state index in [0.29, 0.717) is 96.0 Å². The van der Waals surface area contributed by atoms with Crippen LogP contribution in [-0.2, 0) is 48.6 Å². The average Bonchev–Trinajstić information content (AvgIpc) is 1.76. The highest BCUT2D eigenvalue weighted by molar-refractivity contribution is 7.93. The molecule has 0 saturated carbocycles. The van der Waals surface area contributed by atoms with Crippen LogP contribution in [0.1, 0.15) is 65.8 Å². The largest absolute Gasteiger partial charge is 0.416 e. The number of nitrogens with one attached hydrogen (secondary N) is 6. The number of sulfonamides is 3. The maximum atomic E-state index is 15.1. The molecule has 0 radical (unpaired) electrons. The fourth-order valence-electron chi connectivity index (χ4n) is 8.75. The number of nitrogens with zero attached hydrogens (tertiary/aromatic N) is 6. The molecule has 21 nitrogen and oxygen atoms in total. The third-order valence-corrected chi connectivity index (χ3v) is 17.8. The van der Waals surface area contributed by atoms with E-state index in [1.54, 1.807) is 10.9 Å². The fourth-order valence-corrected chi connectivity index (χ4v) is 11.9. The van der Waals surface area contributed by atoms with Crippen molar-refractivity contribution >= 4 is 93.2 Å². The Bertz CT molecular complexity index is 5260. The molecule has 99 heavy (non-hydrogen) atoms. The van der Waals surface area contributed by atoms with Gasteiger partial charge in [-0.2, -0.15) is 44.8 Å². The molecular formula is C60H36F15N12O9S3+. The number of fused-ring (bicyclic) bond motifs is 3. The Morgan fingerprint density at radius 2 is 0.919 bits per heavy atom. The molecule has 39 heteroatoms. The molecular weight excluding hydrogens is 1410 g/mol. The van der Waals surface area contributed by atoms with Crippen molar-refractivity contribution in [3.05, 3.63) is 250 Å². The molecule has 1 unspecified atom stereocenters. The van der Waals surface area contributed by atoms with E-state index in [2.05, 4.69) is 51.4 Å². The second kappa shape index (κ2) is 28.3. The van der Waals surface area contributed by atoms with Crippen LogP contribution in [0, 0.1) is 41.1 Å². The van der Waals surface area contributed by atoms with Crippen LogP contribution in [0.15, 0.2) is 174 Å². The van der Waals surface area contributed by atoms with Crippen molar-refractivity contribution in [3.63, 3.8) is 0 Å². The Balaban J connectivity index is 0.000000164. The smallest absolute Gasteiger partial charge is 0.383 e. The molecule has 0 amide bonds. The normalized spacial score (nSPS) is 12.5. The molecule has 0 fully saturated rings. The molecule has 0 bridgehead atoms. The summed E-state index contributed by atoms with van der Waals surface area (Å²) in [7, 11) is -13.5. The number of aliphatic hydroxyl groups excluding tert-OH is 1. The summed E-state index contributed by atoms with van der Waals surface area (Å²) < 4.78 is 279. The predicted octanol–water partition coefficient (Wildman–Crippen LogP) is 12.7. The summed E-state index contributed by atoms with van der Waals surface area (Å²) in [5, 5.41) is 14.0. The number of ketones is 1. The number of aliphatic hydroxyl groups is 1. The molecule has 0 aliphatic carbocycles. The minimum atomic E-state index is -4.68. The van der Waals surface area contributed by atoms with Gasteiger partial charge in [0, 0.05) is 41.1 Å². The van der Waals surface area contributed by atoms with Gasteiger partial charge in [0.15, 0.2) is 29.3 Å². The van der Waals surface area contributed by atoms with Crippen molar-refractivity contribution in [1.29, 1.82) is 0 Å². The first kappa shape index (κ1) is 71.9. The van der Waals surface area contributed by atoms with E-state index >= 15 is 8.78 Å². The van der Waals surface area contributed by atoms with Crippen molar-refractivity contribution in [2.45, 2.75) is 39.3 Å². The van der Waals surface area contributed by atoms with Gasteiger partial charge >= 0.3 is 18.5 Å².